The highest BCUT2D eigenvalue weighted by atomic mass is 35.5. The van der Waals surface area contributed by atoms with Crippen LogP contribution in [-0.4, -0.2) is 23.0 Å². The number of nitro groups is 1. The maximum atomic E-state index is 10.9. The maximum absolute atomic E-state index is 10.9. The molecule has 0 radical (unpaired) electrons. The Hall–Kier alpha value is -1.36. The van der Waals surface area contributed by atoms with Gasteiger partial charge in [0.2, 0.25) is 5.82 Å². The van der Waals surface area contributed by atoms with Gasteiger partial charge < -0.3 is 4.90 Å². The van der Waals surface area contributed by atoms with Crippen molar-refractivity contribution in [3.05, 3.63) is 27.4 Å². The molecule has 1 heterocycles. The minimum absolute atomic E-state index is 0.0174. The van der Waals surface area contributed by atoms with Gasteiger partial charge in [0.25, 0.3) is 0 Å². The summed E-state index contributed by atoms with van der Waals surface area (Å²) < 4.78 is 0. The lowest BCUT2D eigenvalue weighted by atomic mass is 10.2. The van der Waals surface area contributed by atoms with Gasteiger partial charge in [0, 0.05) is 19.2 Å². The van der Waals surface area contributed by atoms with E-state index in [4.69, 9.17) is 11.6 Å². The molecule has 1 saturated carbocycles. The average molecular weight is 256 g/mol. The van der Waals surface area contributed by atoms with Crippen LogP contribution in [0.15, 0.2) is 12.1 Å². The molecule has 17 heavy (non-hydrogen) atoms. The average Bonchev–Trinajstić information content (AvgIpc) is 2.80. The summed E-state index contributed by atoms with van der Waals surface area (Å²) in [5, 5.41) is 11.2. The molecule has 0 amide bonds. The van der Waals surface area contributed by atoms with E-state index in [1.807, 2.05) is 11.9 Å². The molecule has 1 fully saturated rings. The van der Waals surface area contributed by atoms with Gasteiger partial charge in [0.05, 0.1) is 4.92 Å². The zero-order chi connectivity index (χ0) is 12.4. The Balaban J connectivity index is 2.34. The fourth-order valence-electron chi connectivity index (χ4n) is 2.28. The van der Waals surface area contributed by atoms with Crippen LogP contribution in [0.1, 0.15) is 25.7 Å². The molecule has 2 rings (SSSR count). The maximum Gasteiger partial charge on any atom is 0.311 e. The van der Waals surface area contributed by atoms with Crippen molar-refractivity contribution in [1.29, 1.82) is 0 Å². The van der Waals surface area contributed by atoms with Crippen LogP contribution in [0.25, 0.3) is 0 Å². The molecule has 1 aliphatic carbocycles. The van der Waals surface area contributed by atoms with E-state index >= 15 is 0 Å². The lowest BCUT2D eigenvalue weighted by Gasteiger charge is -2.24. The first kappa shape index (κ1) is 12.1. The molecule has 0 N–H and O–H groups in total. The van der Waals surface area contributed by atoms with E-state index in [1.165, 1.54) is 25.0 Å². The van der Waals surface area contributed by atoms with Crippen molar-refractivity contribution in [3.8, 4) is 0 Å². The predicted octanol–water partition coefficient (Wildman–Crippen LogP) is 3.02. The molecule has 0 bridgehead atoms. The first-order valence-electron chi connectivity index (χ1n) is 5.63. The molecule has 5 nitrogen and oxygen atoms in total. The highest BCUT2D eigenvalue weighted by Gasteiger charge is 2.26. The molecule has 0 spiro atoms. The number of aromatic nitrogens is 1. The number of hydrogen-bond acceptors (Lipinski definition) is 4. The van der Waals surface area contributed by atoms with Gasteiger partial charge in [0.15, 0.2) is 0 Å². The van der Waals surface area contributed by atoms with Crippen molar-refractivity contribution < 1.29 is 4.92 Å². The van der Waals surface area contributed by atoms with Crippen molar-refractivity contribution in [2.45, 2.75) is 31.7 Å². The van der Waals surface area contributed by atoms with Gasteiger partial charge in [-0.25, -0.2) is 4.98 Å². The van der Waals surface area contributed by atoms with Gasteiger partial charge in [-0.1, -0.05) is 24.4 Å². The first-order chi connectivity index (χ1) is 8.09. The van der Waals surface area contributed by atoms with E-state index in [0.29, 0.717) is 11.9 Å². The zero-order valence-electron chi connectivity index (χ0n) is 9.60. The summed E-state index contributed by atoms with van der Waals surface area (Å²) >= 11 is 5.81. The molecular weight excluding hydrogens is 242 g/mol. The second-order valence-corrected chi connectivity index (χ2v) is 4.67. The van der Waals surface area contributed by atoms with Crippen LogP contribution in [0.2, 0.25) is 5.15 Å². The van der Waals surface area contributed by atoms with Crippen LogP contribution < -0.4 is 4.90 Å². The summed E-state index contributed by atoms with van der Waals surface area (Å²) in [6, 6.07) is 3.20. The van der Waals surface area contributed by atoms with Crippen LogP contribution in [0.3, 0.4) is 0 Å². The third-order valence-electron chi connectivity index (χ3n) is 3.22. The van der Waals surface area contributed by atoms with Crippen molar-refractivity contribution >= 4 is 23.1 Å². The second kappa shape index (κ2) is 4.87. The Morgan fingerprint density at radius 1 is 1.47 bits per heavy atom. The molecule has 0 aromatic carbocycles. The van der Waals surface area contributed by atoms with Gasteiger partial charge in [0.1, 0.15) is 5.15 Å². The summed E-state index contributed by atoms with van der Waals surface area (Å²) in [7, 11) is 1.85. The molecule has 1 aliphatic rings. The smallest absolute Gasteiger partial charge is 0.311 e. The van der Waals surface area contributed by atoms with Crippen LogP contribution in [0.4, 0.5) is 11.5 Å². The summed E-state index contributed by atoms with van der Waals surface area (Å²) in [5.41, 5.74) is 0.0174. The fraction of sp³-hybridized carbons (Fsp3) is 0.545. The number of anilines is 1. The number of hydrogen-bond donors (Lipinski definition) is 0. The zero-order valence-corrected chi connectivity index (χ0v) is 10.4. The molecule has 0 atom stereocenters. The van der Waals surface area contributed by atoms with E-state index in [1.54, 1.807) is 0 Å². The highest BCUT2D eigenvalue weighted by molar-refractivity contribution is 6.29. The van der Waals surface area contributed by atoms with E-state index in [0.717, 1.165) is 12.8 Å². The van der Waals surface area contributed by atoms with Gasteiger partial charge in [-0.3, -0.25) is 10.1 Å². The normalized spacial score (nSPS) is 16.1. The molecule has 1 aromatic rings. The predicted molar refractivity (Wildman–Crippen MR) is 66.6 cm³/mol. The largest absolute Gasteiger partial charge is 0.351 e. The van der Waals surface area contributed by atoms with Crippen molar-refractivity contribution in [3.63, 3.8) is 0 Å². The molecule has 0 saturated heterocycles. The van der Waals surface area contributed by atoms with Crippen LogP contribution in [0.5, 0.6) is 0 Å². The van der Waals surface area contributed by atoms with E-state index < -0.39 is 4.92 Å². The molecule has 92 valence electrons. The highest BCUT2D eigenvalue weighted by Crippen LogP contribution is 2.32. The first-order valence-corrected chi connectivity index (χ1v) is 6.01. The standard InChI is InChI=1S/C11H14ClN3O2/c1-14(8-4-2-3-5-8)11-9(15(16)17)6-7-10(12)13-11/h6-8H,2-5H2,1H3. The van der Waals surface area contributed by atoms with E-state index in [2.05, 4.69) is 4.98 Å². The summed E-state index contributed by atoms with van der Waals surface area (Å²) in [6.07, 6.45) is 4.45. The Morgan fingerprint density at radius 3 is 2.71 bits per heavy atom. The lowest BCUT2D eigenvalue weighted by Crippen LogP contribution is -2.30. The minimum atomic E-state index is -0.413. The monoisotopic (exact) mass is 255 g/mol. The van der Waals surface area contributed by atoms with Crippen molar-refractivity contribution in [2.24, 2.45) is 0 Å². The van der Waals surface area contributed by atoms with E-state index in [-0.39, 0.29) is 10.8 Å². The lowest BCUT2D eigenvalue weighted by molar-refractivity contribution is -0.384. The van der Waals surface area contributed by atoms with Crippen LogP contribution in [0, 0.1) is 10.1 Å². The van der Waals surface area contributed by atoms with Crippen molar-refractivity contribution in [1.82, 2.24) is 4.98 Å². The molecular formula is C11H14ClN3O2. The third kappa shape index (κ3) is 2.49. The Kier molecular flexibility index (Phi) is 3.47. The Labute approximate surface area is 105 Å². The van der Waals surface area contributed by atoms with E-state index in [9.17, 15) is 10.1 Å². The molecule has 0 unspecified atom stereocenters. The topological polar surface area (TPSA) is 59.3 Å². The minimum Gasteiger partial charge on any atom is -0.351 e. The Morgan fingerprint density at radius 2 is 2.12 bits per heavy atom. The summed E-state index contributed by atoms with van der Waals surface area (Å²) in [6.45, 7) is 0. The van der Waals surface area contributed by atoms with Gasteiger partial charge in [-0.2, -0.15) is 0 Å². The fourth-order valence-corrected chi connectivity index (χ4v) is 2.43. The quantitative estimate of drug-likeness (QED) is 0.473. The van der Waals surface area contributed by atoms with Crippen molar-refractivity contribution in [2.75, 3.05) is 11.9 Å². The van der Waals surface area contributed by atoms with Crippen LogP contribution in [-0.2, 0) is 0 Å². The van der Waals surface area contributed by atoms with Crippen LogP contribution >= 0.6 is 11.6 Å². The third-order valence-corrected chi connectivity index (χ3v) is 3.43. The van der Waals surface area contributed by atoms with Gasteiger partial charge >= 0.3 is 5.69 Å². The van der Waals surface area contributed by atoms with Gasteiger partial charge in [-0.15, -0.1) is 0 Å². The summed E-state index contributed by atoms with van der Waals surface area (Å²) in [4.78, 5) is 16.5. The molecule has 6 heteroatoms. The number of halogens is 1. The molecule has 0 aliphatic heterocycles. The summed E-state index contributed by atoms with van der Waals surface area (Å²) in [5.74, 6) is 0.370. The Bertz CT molecular complexity index is 433. The number of pyridine rings is 1. The number of rotatable bonds is 3. The van der Waals surface area contributed by atoms with Gasteiger partial charge in [-0.05, 0) is 18.9 Å². The molecule has 1 aromatic heterocycles. The SMILES string of the molecule is CN(c1nc(Cl)ccc1[N+](=O)[O-])C1CCCC1. The number of nitrogens with zero attached hydrogens (tertiary/aromatic N) is 3. The second-order valence-electron chi connectivity index (χ2n) is 4.28.